The van der Waals surface area contributed by atoms with Gasteiger partial charge in [0.1, 0.15) is 0 Å². The molecule has 3 rings (SSSR count). The number of likely N-dealkylation sites (tertiary alicyclic amines) is 1. The van der Waals surface area contributed by atoms with Gasteiger partial charge in [0.25, 0.3) is 5.91 Å². The second-order valence-electron chi connectivity index (χ2n) is 4.37. The predicted octanol–water partition coefficient (Wildman–Crippen LogP) is 0.878. The number of nitrogens with zero attached hydrogens (tertiary/aromatic N) is 1. The van der Waals surface area contributed by atoms with E-state index < -0.39 is 0 Å². The van der Waals surface area contributed by atoms with E-state index in [2.05, 4.69) is 6.08 Å². The molecule has 1 saturated heterocycles. The molecular weight excluding hydrogens is 178 g/mol. The van der Waals surface area contributed by atoms with E-state index in [1.807, 2.05) is 12.2 Å². The van der Waals surface area contributed by atoms with Crippen LogP contribution in [-0.2, 0) is 9.59 Å². The number of rotatable bonds is 0. The van der Waals surface area contributed by atoms with Crippen LogP contribution in [0.15, 0.2) is 23.8 Å². The summed E-state index contributed by atoms with van der Waals surface area (Å²) in [6, 6.07) is 0. The van der Waals surface area contributed by atoms with E-state index >= 15 is 0 Å². The molecule has 1 heterocycles. The maximum absolute atomic E-state index is 11.8. The first-order valence-corrected chi connectivity index (χ1v) is 4.85. The second kappa shape index (κ2) is 2.16. The number of imide groups is 1. The van der Waals surface area contributed by atoms with Crippen molar-refractivity contribution in [2.45, 2.75) is 12.8 Å². The van der Waals surface area contributed by atoms with Gasteiger partial charge in [-0.1, -0.05) is 18.2 Å². The van der Waals surface area contributed by atoms with Crippen LogP contribution in [0.4, 0.5) is 0 Å². The highest BCUT2D eigenvalue weighted by atomic mass is 16.2. The Bertz CT molecular complexity index is 408. The van der Waals surface area contributed by atoms with Gasteiger partial charge in [-0.3, -0.25) is 14.5 Å². The molecule has 3 heteroatoms. The molecule has 3 nitrogen and oxygen atoms in total. The van der Waals surface area contributed by atoms with Crippen molar-refractivity contribution >= 4 is 11.8 Å². The van der Waals surface area contributed by atoms with Crippen LogP contribution in [0.1, 0.15) is 12.8 Å². The van der Waals surface area contributed by atoms with Crippen LogP contribution in [0.3, 0.4) is 0 Å². The van der Waals surface area contributed by atoms with Crippen molar-refractivity contribution in [1.82, 2.24) is 4.90 Å². The van der Waals surface area contributed by atoms with Crippen LogP contribution in [0.2, 0.25) is 0 Å². The van der Waals surface area contributed by atoms with Crippen LogP contribution in [0.25, 0.3) is 0 Å². The number of piperidine rings is 1. The molecule has 3 aliphatic rings. The summed E-state index contributed by atoms with van der Waals surface area (Å²) < 4.78 is 0. The molecule has 0 radical (unpaired) electrons. The number of likely N-dealkylation sites (N-methyl/N-ethyl adjacent to an activating group) is 1. The first-order chi connectivity index (χ1) is 6.65. The van der Waals surface area contributed by atoms with Gasteiger partial charge in [0.15, 0.2) is 0 Å². The molecule has 0 N–H and O–H groups in total. The van der Waals surface area contributed by atoms with Gasteiger partial charge in [-0.05, 0) is 12.3 Å². The summed E-state index contributed by atoms with van der Waals surface area (Å²) >= 11 is 0. The molecule has 2 atom stereocenters. The molecule has 0 aromatic heterocycles. The Morgan fingerprint density at radius 3 is 3.07 bits per heavy atom. The third-order valence-corrected chi connectivity index (χ3v) is 3.65. The SMILES string of the molecule is CN1C(=O)CC23CC2C=CC=C3C1=O. The molecule has 0 bridgehead atoms. The number of amides is 2. The predicted molar refractivity (Wildman–Crippen MR) is 50.2 cm³/mol. The number of hydrogen-bond acceptors (Lipinski definition) is 2. The molecule has 14 heavy (non-hydrogen) atoms. The van der Waals surface area contributed by atoms with Crippen LogP contribution in [0, 0.1) is 11.3 Å². The minimum absolute atomic E-state index is 0.0371. The molecule has 1 saturated carbocycles. The van der Waals surface area contributed by atoms with E-state index in [9.17, 15) is 9.59 Å². The van der Waals surface area contributed by atoms with Crippen molar-refractivity contribution in [2.75, 3.05) is 7.05 Å². The zero-order valence-corrected chi connectivity index (χ0v) is 7.99. The van der Waals surface area contributed by atoms with E-state index in [0.29, 0.717) is 12.3 Å². The van der Waals surface area contributed by atoms with Gasteiger partial charge in [-0.2, -0.15) is 0 Å². The average Bonchev–Trinajstić information content (AvgIpc) is 2.86. The summed E-state index contributed by atoms with van der Waals surface area (Å²) in [6.45, 7) is 0. The van der Waals surface area contributed by atoms with Gasteiger partial charge in [-0.25, -0.2) is 0 Å². The Kier molecular flexibility index (Phi) is 1.23. The molecule has 2 amide bonds. The lowest BCUT2D eigenvalue weighted by atomic mass is 9.82. The third-order valence-electron chi connectivity index (χ3n) is 3.65. The molecule has 2 unspecified atom stereocenters. The van der Waals surface area contributed by atoms with E-state index in [1.54, 1.807) is 7.05 Å². The highest BCUT2D eigenvalue weighted by molar-refractivity contribution is 6.09. The van der Waals surface area contributed by atoms with Gasteiger partial charge >= 0.3 is 0 Å². The lowest BCUT2D eigenvalue weighted by molar-refractivity contribution is -0.144. The fraction of sp³-hybridized carbons (Fsp3) is 0.455. The highest BCUT2D eigenvalue weighted by Gasteiger charge is 2.61. The number of carbonyl (C=O) groups is 2. The Labute approximate surface area is 82.1 Å². The first-order valence-electron chi connectivity index (χ1n) is 4.85. The number of allylic oxidation sites excluding steroid dienone is 3. The lowest BCUT2D eigenvalue weighted by Gasteiger charge is -2.31. The second-order valence-corrected chi connectivity index (χ2v) is 4.37. The smallest absolute Gasteiger partial charge is 0.256 e. The summed E-state index contributed by atoms with van der Waals surface area (Å²) in [7, 11) is 1.56. The summed E-state index contributed by atoms with van der Waals surface area (Å²) in [5.41, 5.74) is 0.738. The average molecular weight is 189 g/mol. The number of hydrogen-bond donors (Lipinski definition) is 0. The molecule has 72 valence electrons. The van der Waals surface area contributed by atoms with Gasteiger partial charge < -0.3 is 0 Å². The number of carbonyl (C=O) groups excluding carboxylic acids is 2. The minimum Gasteiger partial charge on any atom is -0.282 e. The molecule has 1 spiro atoms. The monoisotopic (exact) mass is 189 g/mol. The van der Waals surface area contributed by atoms with Crippen molar-refractivity contribution in [3.05, 3.63) is 23.8 Å². The maximum Gasteiger partial charge on any atom is 0.256 e. The third kappa shape index (κ3) is 0.733. The van der Waals surface area contributed by atoms with E-state index in [1.165, 1.54) is 4.90 Å². The summed E-state index contributed by atoms with van der Waals surface area (Å²) in [4.78, 5) is 24.6. The van der Waals surface area contributed by atoms with Crippen LogP contribution in [-0.4, -0.2) is 23.8 Å². The summed E-state index contributed by atoms with van der Waals surface area (Å²) in [5, 5.41) is 0. The minimum atomic E-state index is -0.104. The fourth-order valence-electron chi connectivity index (χ4n) is 2.61. The maximum atomic E-state index is 11.8. The highest BCUT2D eigenvalue weighted by Crippen LogP contribution is 2.64. The quantitative estimate of drug-likeness (QED) is 0.530. The topological polar surface area (TPSA) is 37.4 Å². The molecular formula is C11H11NO2. The van der Waals surface area contributed by atoms with Crippen LogP contribution < -0.4 is 0 Å². The van der Waals surface area contributed by atoms with E-state index in [-0.39, 0.29) is 17.2 Å². The van der Waals surface area contributed by atoms with Crippen LogP contribution >= 0.6 is 0 Å². The van der Waals surface area contributed by atoms with E-state index in [0.717, 1.165) is 12.0 Å². The van der Waals surface area contributed by atoms with Crippen molar-refractivity contribution in [3.8, 4) is 0 Å². The Hall–Kier alpha value is -1.38. The van der Waals surface area contributed by atoms with Gasteiger partial charge in [-0.15, -0.1) is 0 Å². The normalized spacial score (nSPS) is 39.1. The molecule has 2 fully saturated rings. The standard InChI is InChI=1S/C11H11NO2/c1-12-9(13)6-11-5-7(11)3-2-4-8(11)10(12)14/h2-4,7H,5-6H2,1H3. The molecule has 0 aromatic carbocycles. The van der Waals surface area contributed by atoms with E-state index in [4.69, 9.17) is 0 Å². The molecule has 1 aliphatic heterocycles. The van der Waals surface area contributed by atoms with Crippen molar-refractivity contribution in [2.24, 2.45) is 11.3 Å². The summed E-state index contributed by atoms with van der Waals surface area (Å²) in [5.74, 6) is 0.294. The Morgan fingerprint density at radius 2 is 2.29 bits per heavy atom. The van der Waals surface area contributed by atoms with Gasteiger partial charge in [0.2, 0.25) is 5.91 Å². The Morgan fingerprint density at radius 1 is 1.50 bits per heavy atom. The van der Waals surface area contributed by atoms with Crippen molar-refractivity contribution in [3.63, 3.8) is 0 Å². The van der Waals surface area contributed by atoms with Crippen molar-refractivity contribution < 1.29 is 9.59 Å². The molecule has 2 aliphatic carbocycles. The summed E-state index contributed by atoms with van der Waals surface area (Å²) in [6.07, 6.45) is 7.40. The fourth-order valence-corrected chi connectivity index (χ4v) is 2.61. The zero-order valence-electron chi connectivity index (χ0n) is 7.99. The van der Waals surface area contributed by atoms with Gasteiger partial charge in [0.05, 0.1) is 0 Å². The zero-order chi connectivity index (χ0) is 9.92. The largest absolute Gasteiger partial charge is 0.282 e. The van der Waals surface area contributed by atoms with Crippen LogP contribution in [0.5, 0.6) is 0 Å². The molecule has 0 aromatic rings. The van der Waals surface area contributed by atoms with Gasteiger partial charge in [0, 0.05) is 24.5 Å². The first kappa shape index (κ1) is 7.97. The Balaban J connectivity index is 2.09. The van der Waals surface area contributed by atoms with Crippen molar-refractivity contribution in [1.29, 1.82) is 0 Å². The lowest BCUT2D eigenvalue weighted by Crippen LogP contribution is -2.44.